The van der Waals surface area contributed by atoms with E-state index in [0.717, 1.165) is 17.2 Å². The van der Waals surface area contributed by atoms with E-state index in [2.05, 4.69) is 9.44 Å². The summed E-state index contributed by atoms with van der Waals surface area (Å²) in [6.07, 6.45) is 5.37. The maximum Gasteiger partial charge on any atom is 0.242 e. The third kappa shape index (κ3) is 10.7. The molecule has 0 aliphatic carbocycles. The Balaban J connectivity index is 0.973. The second-order valence-electron chi connectivity index (χ2n) is 13.7. The summed E-state index contributed by atoms with van der Waals surface area (Å²) in [4.78, 5) is 61.0. The van der Waals surface area contributed by atoms with Gasteiger partial charge in [-0.15, -0.1) is 22.7 Å². The molecule has 2 unspecified atom stereocenters. The standard InChI is InChI=1S/C33H40Cl2N6O8S4/c34-28-7-5-24(50-28)9-13-52(46,47)36-26-3-1-11-38(32(26)44)20-30(42)40-16-22-15-23(17-40)19-41(18-22)31(43)21-39-12-2-4-27(33(39)45)37-53(48,49)14-10-25-6-8-29(35)51-25/h5-10,13-14,22-23,26-27,36-37H,1-4,11-12,15-21H2/b13-9+,14-10+. The second-order valence-corrected chi connectivity index (χ2v) is 20.4. The van der Waals surface area contributed by atoms with E-state index in [1.54, 1.807) is 34.1 Å². The zero-order chi connectivity index (χ0) is 37.9. The summed E-state index contributed by atoms with van der Waals surface area (Å²) in [5.41, 5.74) is 0. The van der Waals surface area contributed by atoms with Crippen molar-refractivity contribution in [3.63, 3.8) is 0 Å². The molecule has 53 heavy (non-hydrogen) atoms. The molecule has 0 saturated carbocycles. The Hall–Kier alpha value is -2.84. The molecule has 2 aromatic rings. The summed E-state index contributed by atoms with van der Waals surface area (Å²) in [7, 11) is -7.86. The Labute approximate surface area is 326 Å². The molecule has 20 heteroatoms. The number of halogens is 2. The maximum atomic E-state index is 13.4. The fourth-order valence-corrected chi connectivity index (χ4v) is 11.4. The van der Waals surface area contributed by atoms with E-state index in [0.29, 0.717) is 83.4 Å². The van der Waals surface area contributed by atoms with Gasteiger partial charge in [-0.25, -0.2) is 16.8 Å². The van der Waals surface area contributed by atoms with Crippen LogP contribution in [0.3, 0.4) is 0 Å². The summed E-state index contributed by atoms with van der Waals surface area (Å²) >= 11 is 14.3. The minimum Gasteiger partial charge on any atom is -0.340 e. The SMILES string of the molecule is O=C(CN1CCCC(NS(=O)(=O)/C=C/c2ccc(Cl)s2)C1=O)N1CC2CC(C1)CN(C(=O)CN1CCCC(NS(=O)(=O)/C=C/c3ccc(Cl)s3)C1=O)C2. The molecule has 4 fully saturated rings. The van der Waals surface area contributed by atoms with Crippen LogP contribution in [0.2, 0.25) is 8.67 Å². The number of carbonyl (C=O) groups is 4. The van der Waals surface area contributed by atoms with Gasteiger partial charge < -0.3 is 19.6 Å². The summed E-state index contributed by atoms with van der Waals surface area (Å²) < 4.78 is 56.7. The second kappa shape index (κ2) is 16.9. The van der Waals surface area contributed by atoms with E-state index in [-0.39, 0.29) is 36.7 Å². The molecule has 288 valence electrons. The fraction of sp³-hybridized carbons (Fsp3) is 0.515. The van der Waals surface area contributed by atoms with Crippen molar-refractivity contribution in [2.24, 2.45) is 11.8 Å². The highest BCUT2D eigenvalue weighted by molar-refractivity contribution is 7.92. The Bertz CT molecular complexity index is 1850. The number of likely N-dealkylation sites (tertiary alicyclic amines) is 4. The molecule has 4 aliphatic heterocycles. The largest absolute Gasteiger partial charge is 0.340 e. The minimum atomic E-state index is -3.93. The monoisotopic (exact) mass is 846 g/mol. The predicted molar refractivity (Wildman–Crippen MR) is 205 cm³/mol. The third-order valence-corrected chi connectivity index (χ3v) is 14.2. The fourth-order valence-electron chi connectivity index (χ4n) is 7.25. The number of sulfonamides is 2. The van der Waals surface area contributed by atoms with Gasteiger partial charge in [-0.1, -0.05) is 23.2 Å². The van der Waals surface area contributed by atoms with Crippen molar-refractivity contribution in [1.29, 1.82) is 0 Å². The van der Waals surface area contributed by atoms with Gasteiger partial charge in [-0.2, -0.15) is 9.44 Å². The van der Waals surface area contributed by atoms with Gasteiger partial charge >= 0.3 is 0 Å². The lowest BCUT2D eigenvalue weighted by molar-refractivity contribution is -0.148. The van der Waals surface area contributed by atoms with Gasteiger partial charge in [-0.05, 0) is 80.4 Å². The summed E-state index contributed by atoms with van der Waals surface area (Å²) in [6, 6.07) is 4.75. The van der Waals surface area contributed by atoms with Gasteiger partial charge in [0.1, 0.15) is 12.1 Å². The topological polar surface area (TPSA) is 174 Å². The van der Waals surface area contributed by atoms with Gasteiger partial charge in [0.25, 0.3) is 0 Å². The van der Waals surface area contributed by atoms with E-state index < -0.39 is 43.9 Å². The molecule has 6 rings (SSSR count). The van der Waals surface area contributed by atoms with Crippen molar-refractivity contribution in [3.8, 4) is 0 Å². The van der Waals surface area contributed by atoms with Crippen LogP contribution < -0.4 is 9.44 Å². The van der Waals surface area contributed by atoms with Crippen LogP contribution in [0.1, 0.15) is 41.9 Å². The molecule has 4 aliphatic rings. The van der Waals surface area contributed by atoms with Crippen molar-refractivity contribution in [3.05, 3.63) is 53.5 Å². The van der Waals surface area contributed by atoms with Gasteiger partial charge in [0, 0.05) is 59.8 Å². The Morgan fingerprint density at radius 3 is 1.45 bits per heavy atom. The molecule has 2 aromatic heterocycles. The first kappa shape index (κ1) is 39.8. The van der Waals surface area contributed by atoms with Gasteiger partial charge in [-0.3, -0.25) is 19.2 Å². The minimum absolute atomic E-state index is 0.0126. The van der Waals surface area contributed by atoms with Crippen molar-refractivity contribution in [2.75, 3.05) is 52.4 Å². The molecule has 6 heterocycles. The van der Waals surface area contributed by atoms with Gasteiger partial charge in [0.2, 0.25) is 43.7 Å². The number of thiophene rings is 2. The van der Waals surface area contributed by atoms with E-state index in [1.807, 2.05) is 0 Å². The molecule has 0 radical (unpaired) electrons. The van der Waals surface area contributed by atoms with E-state index >= 15 is 0 Å². The number of piperidine rings is 4. The smallest absolute Gasteiger partial charge is 0.242 e. The maximum absolute atomic E-state index is 13.4. The summed E-state index contributed by atoms with van der Waals surface area (Å²) in [6.45, 7) is 1.99. The third-order valence-electron chi connectivity index (χ3n) is 9.62. The first-order valence-electron chi connectivity index (χ1n) is 17.2. The number of carbonyl (C=O) groups excluding carboxylic acids is 4. The Morgan fingerprint density at radius 2 is 1.09 bits per heavy atom. The van der Waals surface area contributed by atoms with E-state index in [1.165, 1.54) is 44.6 Å². The number of nitrogens with one attached hydrogen (secondary N) is 2. The van der Waals surface area contributed by atoms with E-state index in [9.17, 15) is 36.0 Å². The normalized spacial score (nSPS) is 24.5. The number of nitrogens with zero attached hydrogens (tertiary/aromatic N) is 4. The van der Waals surface area contributed by atoms with Crippen molar-refractivity contribution < 1.29 is 36.0 Å². The van der Waals surface area contributed by atoms with Crippen molar-refractivity contribution in [1.82, 2.24) is 29.0 Å². The average molecular weight is 848 g/mol. The van der Waals surface area contributed by atoms with Crippen LogP contribution in [0, 0.1) is 11.8 Å². The molecule has 0 spiro atoms. The zero-order valence-corrected chi connectivity index (χ0v) is 33.3. The number of hydrogen-bond acceptors (Lipinski definition) is 10. The van der Waals surface area contributed by atoms with Crippen LogP contribution in [-0.2, 0) is 39.2 Å². The predicted octanol–water partition coefficient (Wildman–Crippen LogP) is 2.89. The number of fused-ring (bicyclic) bond motifs is 2. The first-order valence-corrected chi connectivity index (χ1v) is 22.7. The highest BCUT2D eigenvalue weighted by atomic mass is 35.5. The van der Waals surface area contributed by atoms with Crippen LogP contribution in [0.25, 0.3) is 12.2 Å². The molecular weight excluding hydrogens is 808 g/mol. The number of amides is 4. The highest BCUT2D eigenvalue weighted by Crippen LogP contribution is 2.30. The van der Waals surface area contributed by atoms with Gasteiger partial charge in [0.05, 0.1) is 21.8 Å². The van der Waals surface area contributed by atoms with Crippen LogP contribution >= 0.6 is 45.9 Å². The van der Waals surface area contributed by atoms with Crippen LogP contribution in [0.15, 0.2) is 35.1 Å². The number of hydrogen-bond donors (Lipinski definition) is 2. The van der Waals surface area contributed by atoms with Crippen LogP contribution in [-0.4, -0.2) is 125 Å². The Morgan fingerprint density at radius 1 is 0.698 bits per heavy atom. The zero-order valence-electron chi connectivity index (χ0n) is 28.6. The highest BCUT2D eigenvalue weighted by Gasteiger charge is 2.40. The lowest BCUT2D eigenvalue weighted by atomic mass is 9.84. The van der Waals surface area contributed by atoms with Gasteiger partial charge in [0.15, 0.2) is 0 Å². The average Bonchev–Trinajstić information content (AvgIpc) is 3.73. The van der Waals surface area contributed by atoms with Crippen molar-refractivity contribution in [2.45, 2.75) is 44.2 Å². The quantitative estimate of drug-likeness (QED) is 0.328. The molecule has 2 atom stereocenters. The Kier molecular flexibility index (Phi) is 12.7. The number of rotatable bonds is 12. The van der Waals surface area contributed by atoms with E-state index in [4.69, 9.17) is 23.2 Å². The molecule has 4 saturated heterocycles. The van der Waals surface area contributed by atoms with Crippen LogP contribution in [0.5, 0.6) is 0 Å². The van der Waals surface area contributed by atoms with Crippen LogP contribution in [0.4, 0.5) is 0 Å². The lowest BCUT2D eigenvalue weighted by Gasteiger charge is -2.46. The first-order chi connectivity index (χ1) is 25.1. The van der Waals surface area contributed by atoms with Crippen molar-refractivity contribution >= 4 is 102 Å². The molecule has 2 bridgehead atoms. The molecule has 4 amide bonds. The lowest BCUT2D eigenvalue weighted by Crippen LogP contribution is -2.59. The molecular formula is C33H40Cl2N6O8S4. The molecule has 2 N–H and O–H groups in total. The summed E-state index contributed by atoms with van der Waals surface area (Å²) in [5, 5.41) is 2.01. The molecule has 14 nitrogen and oxygen atoms in total. The summed E-state index contributed by atoms with van der Waals surface area (Å²) in [5.74, 6) is -1.33. The molecule has 0 aromatic carbocycles.